The fourth-order valence-electron chi connectivity index (χ4n) is 6.71. The lowest BCUT2D eigenvalue weighted by Crippen LogP contribution is -2.64. The number of aliphatic hydroxyl groups excluding tert-OH is 7. The molecule has 3 aliphatic rings. The maximum Gasteiger partial charge on any atom is 0.303 e. The molecule has 0 radical (unpaired) electrons. The minimum absolute atomic E-state index is 0.0277. The molecule has 0 bridgehead atoms. The molecule has 314 valence electrons. The summed E-state index contributed by atoms with van der Waals surface area (Å²) < 4.78 is 50.8. The summed E-state index contributed by atoms with van der Waals surface area (Å²) in [6.45, 7) is 3.22. The SMILES string of the molecule is COc1cc(O)c2c(=O)c(O[C@@H]3O[C@H](CO[C@@H]4O[C@@H](C)[C@H](OC(C)=O)[C@H](O[C@@H]5O[C@H](C)[C@H](O)[C@H](O)[C@H]5O)[C@H]4O)[C@H](O)[C@H](O)[C@H]3O)c(-c3ccc(O)c(O)c3)oc2c1. The molecule has 0 unspecified atom stereocenters. The fourth-order valence-corrected chi connectivity index (χ4v) is 6.71. The molecule has 0 saturated carbocycles. The quantitative estimate of drug-likeness (QED) is 0.0785. The molecule has 3 aromatic rings. The third-order valence-electron chi connectivity index (χ3n) is 9.86. The molecule has 3 aliphatic heterocycles. The molecule has 0 amide bonds. The highest BCUT2D eigenvalue weighted by molar-refractivity contribution is 5.88. The minimum Gasteiger partial charge on any atom is -0.507 e. The van der Waals surface area contributed by atoms with E-state index in [4.69, 9.17) is 42.3 Å². The predicted octanol–water partition coefficient (Wildman–Crippen LogP) is -1.96. The zero-order valence-electron chi connectivity index (χ0n) is 30.7. The van der Waals surface area contributed by atoms with Crippen LogP contribution in [0.5, 0.6) is 28.7 Å². The summed E-state index contributed by atoms with van der Waals surface area (Å²) in [6, 6.07) is 5.79. The van der Waals surface area contributed by atoms with Gasteiger partial charge in [-0.05, 0) is 32.0 Å². The third kappa shape index (κ3) is 8.32. The van der Waals surface area contributed by atoms with Crippen LogP contribution in [0.1, 0.15) is 20.8 Å². The number of aromatic hydroxyl groups is 3. The van der Waals surface area contributed by atoms with E-state index >= 15 is 0 Å². The van der Waals surface area contributed by atoms with Crippen molar-refractivity contribution in [3.63, 3.8) is 0 Å². The number of aliphatic hydroxyl groups is 7. The van der Waals surface area contributed by atoms with Crippen molar-refractivity contribution in [1.82, 2.24) is 0 Å². The second-order valence-electron chi connectivity index (χ2n) is 13.8. The number of rotatable bonds is 10. The van der Waals surface area contributed by atoms with Crippen molar-refractivity contribution in [3.8, 4) is 40.1 Å². The van der Waals surface area contributed by atoms with Gasteiger partial charge in [-0.1, -0.05) is 0 Å². The van der Waals surface area contributed by atoms with E-state index in [1.165, 1.54) is 33.1 Å². The van der Waals surface area contributed by atoms with Gasteiger partial charge in [0, 0.05) is 24.6 Å². The van der Waals surface area contributed by atoms with E-state index in [1.807, 2.05) is 0 Å². The van der Waals surface area contributed by atoms with Crippen LogP contribution in [0.4, 0.5) is 0 Å². The second kappa shape index (κ2) is 16.9. The molecule has 0 aliphatic carbocycles. The summed E-state index contributed by atoms with van der Waals surface area (Å²) in [6.07, 6.45) is -24.5. The Kier molecular flexibility index (Phi) is 12.5. The van der Waals surface area contributed by atoms with Gasteiger partial charge in [0.15, 0.2) is 35.9 Å². The number of phenolic OH excluding ortho intramolecular Hbond substituents is 3. The van der Waals surface area contributed by atoms with Gasteiger partial charge in [0.1, 0.15) is 77.4 Å². The van der Waals surface area contributed by atoms with Crippen molar-refractivity contribution in [2.75, 3.05) is 13.7 Å². The van der Waals surface area contributed by atoms with E-state index in [9.17, 15) is 60.7 Å². The Hall–Kier alpha value is -4.36. The van der Waals surface area contributed by atoms with Crippen molar-refractivity contribution in [1.29, 1.82) is 0 Å². The van der Waals surface area contributed by atoms with Crippen LogP contribution in [0, 0.1) is 0 Å². The average molecular weight is 813 g/mol. The Labute approximate surface area is 322 Å². The summed E-state index contributed by atoms with van der Waals surface area (Å²) in [7, 11) is 1.31. The summed E-state index contributed by atoms with van der Waals surface area (Å²) >= 11 is 0. The van der Waals surface area contributed by atoms with Gasteiger partial charge < -0.3 is 93.4 Å². The van der Waals surface area contributed by atoms with Gasteiger partial charge in [-0.25, -0.2) is 0 Å². The Balaban J connectivity index is 1.26. The summed E-state index contributed by atoms with van der Waals surface area (Å²) in [4.78, 5) is 25.9. The highest BCUT2D eigenvalue weighted by Crippen LogP contribution is 2.40. The number of benzene rings is 2. The van der Waals surface area contributed by atoms with Crippen molar-refractivity contribution < 1.29 is 98.2 Å². The molecular weight excluding hydrogens is 768 g/mol. The maximum absolute atomic E-state index is 13.9. The molecule has 4 heterocycles. The van der Waals surface area contributed by atoms with Crippen LogP contribution in [-0.2, 0) is 33.2 Å². The molecule has 0 spiro atoms. The van der Waals surface area contributed by atoms with Crippen molar-refractivity contribution in [3.05, 3.63) is 40.6 Å². The van der Waals surface area contributed by atoms with E-state index < -0.39 is 139 Å². The predicted molar refractivity (Wildman–Crippen MR) is 186 cm³/mol. The lowest BCUT2D eigenvalue weighted by Gasteiger charge is -2.46. The first-order valence-corrected chi connectivity index (χ1v) is 17.7. The van der Waals surface area contributed by atoms with E-state index in [1.54, 1.807) is 0 Å². The molecule has 10 N–H and O–H groups in total. The number of methoxy groups -OCH3 is 1. The molecule has 57 heavy (non-hydrogen) atoms. The van der Waals surface area contributed by atoms with Gasteiger partial charge in [0.25, 0.3) is 0 Å². The first kappa shape index (κ1) is 42.3. The van der Waals surface area contributed by atoms with E-state index in [0.29, 0.717) is 0 Å². The van der Waals surface area contributed by atoms with Gasteiger partial charge in [0.2, 0.25) is 17.5 Å². The van der Waals surface area contributed by atoms with E-state index in [0.717, 1.165) is 25.1 Å². The largest absolute Gasteiger partial charge is 0.507 e. The molecule has 6 rings (SSSR count). The Morgan fingerprint density at radius 2 is 1.39 bits per heavy atom. The number of ether oxygens (including phenoxy) is 8. The molecule has 21 nitrogen and oxygen atoms in total. The molecule has 3 fully saturated rings. The van der Waals surface area contributed by atoms with Crippen LogP contribution >= 0.6 is 0 Å². The number of carbonyl (C=O) groups excluding carboxylic acids is 1. The van der Waals surface area contributed by atoms with E-state index in [2.05, 4.69) is 0 Å². The first-order chi connectivity index (χ1) is 26.9. The lowest BCUT2D eigenvalue weighted by atomic mass is 9.97. The number of hydrogen-bond acceptors (Lipinski definition) is 21. The van der Waals surface area contributed by atoms with E-state index in [-0.39, 0.29) is 22.7 Å². The molecule has 3 saturated heterocycles. The zero-order valence-corrected chi connectivity index (χ0v) is 30.7. The standard InChI is InChI=1S/C36H44O21/c1-11-22(41)25(44)27(46)35(51-11)57-33-29(48)34(52-12(2)30(33)53-13(3)37)50-10-20-23(42)26(45)28(47)36(55-20)56-32-24(43)21-18(40)8-15(49-4)9-19(21)54-31(32)14-5-6-16(38)17(39)7-14/h5-9,11-12,20,22-23,25-30,33-36,38-42,44-48H,10H2,1-4H3/t11-,12+,20-,22+,23+,25+,26+,27-,28-,29-,30+,33-,34-,35+,36+/m1/s1. The Morgan fingerprint density at radius 3 is 2.05 bits per heavy atom. The summed E-state index contributed by atoms with van der Waals surface area (Å²) in [5.74, 6) is -3.47. The molecule has 21 heteroatoms. The van der Waals surface area contributed by atoms with Gasteiger partial charge in [-0.15, -0.1) is 0 Å². The number of carbonyl (C=O) groups is 1. The van der Waals surface area contributed by atoms with Crippen LogP contribution in [0.25, 0.3) is 22.3 Å². The molecular formula is C36H44O21. The smallest absolute Gasteiger partial charge is 0.303 e. The van der Waals surface area contributed by atoms with Gasteiger partial charge in [-0.3, -0.25) is 9.59 Å². The van der Waals surface area contributed by atoms with Crippen LogP contribution < -0.4 is 14.9 Å². The molecule has 2 aromatic carbocycles. The summed E-state index contributed by atoms with van der Waals surface area (Å²) in [5.41, 5.74) is -1.22. The Morgan fingerprint density at radius 1 is 0.719 bits per heavy atom. The van der Waals surface area contributed by atoms with Crippen molar-refractivity contribution in [2.24, 2.45) is 0 Å². The lowest BCUT2D eigenvalue weighted by molar-refractivity contribution is -0.359. The second-order valence-corrected chi connectivity index (χ2v) is 13.8. The normalized spacial score (nSPS) is 35.8. The van der Waals surface area contributed by atoms with Crippen molar-refractivity contribution in [2.45, 2.75) is 113 Å². The maximum atomic E-state index is 13.9. The van der Waals surface area contributed by atoms with Crippen LogP contribution in [0.2, 0.25) is 0 Å². The highest BCUT2D eigenvalue weighted by atomic mass is 16.8. The van der Waals surface area contributed by atoms with Gasteiger partial charge >= 0.3 is 5.97 Å². The summed E-state index contributed by atoms with van der Waals surface area (Å²) in [5, 5.41) is 105. The molecule has 15 atom stereocenters. The third-order valence-corrected chi connectivity index (χ3v) is 9.86. The van der Waals surface area contributed by atoms with Gasteiger partial charge in [-0.2, -0.15) is 0 Å². The highest BCUT2D eigenvalue weighted by Gasteiger charge is 2.52. The number of hydrogen-bond donors (Lipinski definition) is 10. The average Bonchev–Trinajstić information content (AvgIpc) is 3.16. The topological polar surface area (TPSA) is 323 Å². The van der Waals surface area contributed by atoms with Crippen molar-refractivity contribution >= 4 is 16.9 Å². The number of phenols is 3. The Bertz CT molecular complexity index is 1970. The monoisotopic (exact) mass is 812 g/mol. The number of fused-ring (bicyclic) bond motifs is 1. The van der Waals surface area contributed by atoms with Crippen LogP contribution in [0.3, 0.4) is 0 Å². The number of esters is 1. The van der Waals surface area contributed by atoms with Crippen LogP contribution in [0.15, 0.2) is 39.5 Å². The first-order valence-electron chi connectivity index (χ1n) is 17.7. The van der Waals surface area contributed by atoms with Gasteiger partial charge in [0.05, 0.1) is 25.9 Å². The fraction of sp³-hybridized carbons (Fsp3) is 0.556. The zero-order chi connectivity index (χ0) is 41.6. The molecule has 1 aromatic heterocycles. The minimum atomic E-state index is -2.03. The van der Waals surface area contributed by atoms with Crippen LogP contribution in [-0.4, -0.2) is 163 Å².